The average molecular weight is 245 g/mol. The van der Waals surface area contributed by atoms with Gasteiger partial charge in [-0.2, -0.15) is 11.8 Å². The average Bonchev–Trinajstić information content (AvgIpc) is 2.27. The van der Waals surface area contributed by atoms with Gasteiger partial charge in [0.15, 0.2) is 0 Å². The van der Waals surface area contributed by atoms with E-state index < -0.39 is 0 Å². The van der Waals surface area contributed by atoms with Crippen molar-refractivity contribution < 1.29 is 9.53 Å². The highest BCUT2D eigenvalue weighted by Gasteiger charge is 2.22. The zero-order valence-corrected chi connectivity index (χ0v) is 11.1. The molecule has 1 amide bonds. The first-order valence-corrected chi connectivity index (χ1v) is 7.29. The fourth-order valence-corrected chi connectivity index (χ4v) is 3.30. The summed E-state index contributed by atoms with van der Waals surface area (Å²) in [5, 5.41) is 3.80. The zero-order valence-electron chi connectivity index (χ0n) is 10.3. The molecule has 94 valence electrons. The van der Waals surface area contributed by atoms with Crippen LogP contribution in [0.5, 0.6) is 0 Å². The molecule has 0 radical (unpaired) electrons. The van der Waals surface area contributed by atoms with Gasteiger partial charge in [-0.05, 0) is 31.9 Å². The van der Waals surface area contributed by atoms with Crippen LogP contribution in [0.15, 0.2) is 0 Å². The maximum atomic E-state index is 11.5. The third kappa shape index (κ3) is 5.21. The molecule has 1 aliphatic rings. The summed E-state index contributed by atoms with van der Waals surface area (Å²) in [5.74, 6) is 1.21. The number of hydrogen-bond donors (Lipinski definition) is 1. The van der Waals surface area contributed by atoms with Gasteiger partial charge >= 0.3 is 0 Å². The highest BCUT2D eigenvalue weighted by Crippen LogP contribution is 2.28. The summed E-state index contributed by atoms with van der Waals surface area (Å²) in [5.41, 5.74) is 0. The molecule has 3 nitrogen and oxygen atoms in total. The molecule has 1 rings (SSSR count). The van der Waals surface area contributed by atoms with Crippen LogP contribution in [-0.2, 0) is 9.53 Å². The Morgan fingerprint density at radius 2 is 2.25 bits per heavy atom. The number of nitrogens with one attached hydrogen (secondary N) is 1. The molecule has 4 heteroatoms. The molecule has 0 heterocycles. The van der Waals surface area contributed by atoms with E-state index in [2.05, 4.69) is 12.2 Å². The van der Waals surface area contributed by atoms with Crippen LogP contribution in [0.3, 0.4) is 0 Å². The number of rotatable bonds is 6. The summed E-state index contributed by atoms with van der Waals surface area (Å²) in [6, 6.07) is 0.366. The smallest absolute Gasteiger partial charge is 0.246 e. The van der Waals surface area contributed by atoms with Crippen molar-refractivity contribution in [3.8, 4) is 0 Å². The molecule has 1 aliphatic carbocycles. The third-order valence-electron chi connectivity index (χ3n) is 2.83. The lowest BCUT2D eigenvalue weighted by Crippen LogP contribution is -2.40. The van der Waals surface area contributed by atoms with Gasteiger partial charge in [0.1, 0.15) is 6.61 Å². The predicted octanol–water partition coefficient (Wildman–Crippen LogP) is 2.20. The van der Waals surface area contributed by atoms with E-state index in [1.807, 2.05) is 18.7 Å². The van der Waals surface area contributed by atoms with Gasteiger partial charge in [-0.25, -0.2) is 0 Å². The number of hydrogen-bond acceptors (Lipinski definition) is 3. The van der Waals surface area contributed by atoms with Crippen molar-refractivity contribution in [2.45, 2.75) is 50.8 Å². The van der Waals surface area contributed by atoms with Gasteiger partial charge in [0, 0.05) is 17.9 Å². The molecule has 0 aromatic heterocycles. The molecule has 0 aromatic rings. The van der Waals surface area contributed by atoms with Gasteiger partial charge in [-0.3, -0.25) is 4.79 Å². The summed E-state index contributed by atoms with van der Waals surface area (Å²) in [6.07, 6.45) is 4.78. The second-order valence-electron chi connectivity index (χ2n) is 4.15. The lowest BCUT2D eigenvalue weighted by molar-refractivity contribution is -0.126. The van der Waals surface area contributed by atoms with E-state index in [9.17, 15) is 4.79 Å². The molecule has 2 atom stereocenters. The molecule has 2 unspecified atom stereocenters. The Kier molecular flexibility index (Phi) is 6.88. The minimum atomic E-state index is 0.0361. The molecular weight excluding hydrogens is 222 g/mol. The number of ether oxygens (including phenoxy) is 1. The van der Waals surface area contributed by atoms with Crippen LogP contribution in [0.2, 0.25) is 0 Å². The summed E-state index contributed by atoms with van der Waals surface area (Å²) >= 11 is 2.02. The van der Waals surface area contributed by atoms with Crippen LogP contribution in [0.1, 0.15) is 39.5 Å². The normalized spacial score (nSPS) is 25.4. The summed E-state index contributed by atoms with van der Waals surface area (Å²) in [4.78, 5) is 11.5. The Hall–Kier alpha value is -0.220. The van der Waals surface area contributed by atoms with Crippen LogP contribution < -0.4 is 5.32 Å². The van der Waals surface area contributed by atoms with Gasteiger partial charge in [-0.15, -0.1) is 0 Å². The Bertz CT molecular complexity index is 209. The Morgan fingerprint density at radius 3 is 2.94 bits per heavy atom. The molecular formula is C12H23NO2S. The second kappa shape index (κ2) is 7.96. The largest absolute Gasteiger partial charge is 0.372 e. The van der Waals surface area contributed by atoms with Gasteiger partial charge in [0.2, 0.25) is 5.91 Å². The molecule has 0 aliphatic heterocycles. The van der Waals surface area contributed by atoms with E-state index in [0.29, 0.717) is 12.6 Å². The topological polar surface area (TPSA) is 38.3 Å². The molecule has 0 saturated heterocycles. The van der Waals surface area contributed by atoms with E-state index in [0.717, 1.165) is 18.1 Å². The maximum absolute atomic E-state index is 11.5. The first-order chi connectivity index (χ1) is 7.76. The Balaban J connectivity index is 2.22. The maximum Gasteiger partial charge on any atom is 0.246 e. The van der Waals surface area contributed by atoms with Crippen molar-refractivity contribution in [3.05, 3.63) is 0 Å². The lowest BCUT2D eigenvalue weighted by Gasteiger charge is -2.29. The first kappa shape index (κ1) is 13.8. The third-order valence-corrected chi connectivity index (χ3v) is 4.06. The molecule has 1 fully saturated rings. The van der Waals surface area contributed by atoms with Crippen LogP contribution in [0.25, 0.3) is 0 Å². The van der Waals surface area contributed by atoms with E-state index in [1.54, 1.807) is 0 Å². The van der Waals surface area contributed by atoms with E-state index in [1.165, 1.54) is 18.6 Å². The Labute approximate surface area is 103 Å². The summed E-state index contributed by atoms with van der Waals surface area (Å²) in [6.45, 7) is 4.91. The van der Waals surface area contributed by atoms with Gasteiger partial charge in [0.05, 0.1) is 0 Å². The lowest BCUT2D eigenvalue weighted by atomic mass is 9.95. The van der Waals surface area contributed by atoms with Crippen LogP contribution in [-0.4, -0.2) is 36.2 Å². The van der Waals surface area contributed by atoms with Crippen molar-refractivity contribution in [2.24, 2.45) is 0 Å². The minimum absolute atomic E-state index is 0.0361. The molecule has 0 aromatic carbocycles. The SMILES string of the molecule is CCOCC(=O)NC1CCCC(SCC)C1. The number of carbonyl (C=O) groups excluding carboxylic acids is 1. The van der Waals surface area contributed by atoms with Gasteiger partial charge in [-0.1, -0.05) is 13.3 Å². The van der Waals surface area contributed by atoms with Gasteiger partial charge in [0.25, 0.3) is 0 Å². The van der Waals surface area contributed by atoms with Crippen molar-refractivity contribution in [1.82, 2.24) is 5.32 Å². The fraction of sp³-hybridized carbons (Fsp3) is 0.917. The van der Waals surface area contributed by atoms with Crippen molar-refractivity contribution in [1.29, 1.82) is 0 Å². The quantitative estimate of drug-likeness (QED) is 0.779. The molecule has 16 heavy (non-hydrogen) atoms. The molecule has 1 saturated carbocycles. The molecule has 1 N–H and O–H groups in total. The summed E-state index contributed by atoms with van der Waals surface area (Å²) < 4.78 is 5.09. The fourth-order valence-electron chi connectivity index (χ4n) is 2.13. The minimum Gasteiger partial charge on any atom is -0.372 e. The number of carbonyl (C=O) groups is 1. The van der Waals surface area contributed by atoms with E-state index in [4.69, 9.17) is 4.74 Å². The highest BCUT2D eigenvalue weighted by molar-refractivity contribution is 7.99. The Morgan fingerprint density at radius 1 is 1.44 bits per heavy atom. The number of thioether (sulfide) groups is 1. The van der Waals surface area contributed by atoms with E-state index >= 15 is 0 Å². The second-order valence-corrected chi connectivity index (χ2v) is 5.72. The van der Waals surface area contributed by atoms with Crippen molar-refractivity contribution in [3.63, 3.8) is 0 Å². The monoisotopic (exact) mass is 245 g/mol. The van der Waals surface area contributed by atoms with Gasteiger partial charge < -0.3 is 10.1 Å². The zero-order chi connectivity index (χ0) is 11.8. The molecule has 0 bridgehead atoms. The van der Waals surface area contributed by atoms with Crippen LogP contribution in [0, 0.1) is 0 Å². The highest BCUT2D eigenvalue weighted by atomic mass is 32.2. The summed E-state index contributed by atoms with van der Waals surface area (Å²) in [7, 11) is 0. The van der Waals surface area contributed by atoms with Crippen molar-refractivity contribution in [2.75, 3.05) is 19.0 Å². The first-order valence-electron chi connectivity index (χ1n) is 6.25. The predicted molar refractivity (Wildman–Crippen MR) is 68.8 cm³/mol. The van der Waals surface area contributed by atoms with E-state index in [-0.39, 0.29) is 12.5 Å². The van der Waals surface area contributed by atoms with Crippen LogP contribution in [0.4, 0.5) is 0 Å². The number of amides is 1. The molecule has 0 spiro atoms. The standard InChI is InChI=1S/C12H23NO2S/c1-3-15-9-12(14)13-10-6-5-7-11(8-10)16-4-2/h10-11H,3-9H2,1-2H3,(H,13,14). The van der Waals surface area contributed by atoms with Crippen molar-refractivity contribution >= 4 is 17.7 Å². The van der Waals surface area contributed by atoms with Crippen LogP contribution >= 0.6 is 11.8 Å².